The average molecular weight is 454 g/mol. The molecule has 0 saturated heterocycles. The molecule has 6 nitrogen and oxygen atoms in total. The van der Waals surface area contributed by atoms with E-state index < -0.39 is 18.0 Å². The first-order valence-electron chi connectivity index (χ1n) is 8.40. The molecule has 0 aliphatic rings. The normalized spacial score (nSPS) is 11.7. The van der Waals surface area contributed by atoms with Gasteiger partial charge in [0.1, 0.15) is 10.8 Å². The SMILES string of the molecule is O=Nc1c(O)n(Cc2csc(-c3ccc(Cl)cc3)n2)c2ccc(OC(F)(F)F)cc12. The molecule has 0 bridgehead atoms. The van der Waals surface area contributed by atoms with E-state index in [9.17, 15) is 23.2 Å². The number of benzene rings is 2. The van der Waals surface area contributed by atoms with Gasteiger partial charge in [0.05, 0.1) is 17.8 Å². The van der Waals surface area contributed by atoms with Crippen LogP contribution in [0.1, 0.15) is 5.69 Å². The third-order valence-electron chi connectivity index (χ3n) is 4.27. The number of alkyl halides is 3. The summed E-state index contributed by atoms with van der Waals surface area (Å²) in [5.74, 6) is -0.985. The summed E-state index contributed by atoms with van der Waals surface area (Å²) in [6.45, 7) is 0.0847. The van der Waals surface area contributed by atoms with Gasteiger partial charge in [0, 0.05) is 21.4 Å². The summed E-state index contributed by atoms with van der Waals surface area (Å²) in [4.78, 5) is 15.7. The molecule has 30 heavy (non-hydrogen) atoms. The van der Waals surface area contributed by atoms with E-state index in [0.717, 1.165) is 22.7 Å². The Hall–Kier alpha value is -3.11. The van der Waals surface area contributed by atoms with E-state index in [-0.39, 0.29) is 17.6 Å². The molecule has 11 heteroatoms. The van der Waals surface area contributed by atoms with Crippen LogP contribution >= 0.6 is 22.9 Å². The fourth-order valence-corrected chi connectivity index (χ4v) is 3.96. The standard InChI is InChI=1S/C19H11ClF3N3O3S/c20-11-3-1-10(2-4-11)17-24-12(9-30-17)8-26-15-6-5-13(29-19(21,22)23)7-14(15)16(25-28)18(26)27/h1-7,9,27H,8H2. The zero-order valence-corrected chi connectivity index (χ0v) is 16.4. The number of fused-ring (bicyclic) bond motifs is 1. The van der Waals surface area contributed by atoms with Crippen LogP contribution in [0.5, 0.6) is 11.6 Å². The number of nitrogens with zero attached hydrogens (tertiary/aromatic N) is 3. The molecule has 0 aliphatic heterocycles. The van der Waals surface area contributed by atoms with Gasteiger partial charge in [0.25, 0.3) is 0 Å². The maximum absolute atomic E-state index is 12.5. The molecule has 0 spiro atoms. The molecule has 0 radical (unpaired) electrons. The van der Waals surface area contributed by atoms with Gasteiger partial charge in [-0.25, -0.2) is 4.98 Å². The highest BCUT2D eigenvalue weighted by Crippen LogP contribution is 2.41. The number of hydrogen-bond acceptors (Lipinski definition) is 6. The Morgan fingerprint density at radius 3 is 2.60 bits per heavy atom. The van der Waals surface area contributed by atoms with E-state index in [0.29, 0.717) is 16.2 Å². The van der Waals surface area contributed by atoms with Crippen molar-refractivity contribution in [3.05, 3.63) is 63.5 Å². The van der Waals surface area contributed by atoms with E-state index in [1.165, 1.54) is 22.0 Å². The topological polar surface area (TPSA) is 76.7 Å². The van der Waals surface area contributed by atoms with E-state index in [4.69, 9.17) is 11.6 Å². The predicted octanol–water partition coefficient (Wildman–Crippen LogP) is 6.47. The van der Waals surface area contributed by atoms with E-state index in [1.54, 1.807) is 17.5 Å². The van der Waals surface area contributed by atoms with Crippen LogP contribution in [0.25, 0.3) is 21.5 Å². The Morgan fingerprint density at radius 1 is 1.20 bits per heavy atom. The lowest BCUT2D eigenvalue weighted by Gasteiger charge is -2.09. The molecule has 4 aromatic rings. The summed E-state index contributed by atoms with van der Waals surface area (Å²) < 4.78 is 42.7. The Bertz CT molecular complexity index is 1240. The Kier molecular flexibility index (Phi) is 5.12. The number of rotatable bonds is 5. The van der Waals surface area contributed by atoms with Crippen molar-refractivity contribution in [3.8, 4) is 22.2 Å². The first-order chi connectivity index (χ1) is 14.2. The summed E-state index contributed by atoms with van der Waals surface area (Å²) in [7, 11) is 0. The first-order valence-corrected chi connectivity index (χ1v) is 9.65. The number of hydrogen-bond donors (Lipinski definition) is 1. The van der Waals surface area contributed by atoms with Crippen LogP contribution in [0.3, 0.4) is 0 Å². The second-order valence-corrected chi connectivity index (χ2v) is 7.52. The van der Waals surface area contributed by atoms with Gasteiger partial charge in [0.15, 0.2) is 5.69 Å². The molecule has 4 rings (SSSR count). The van der Waals surface area contributed by atoms with Gasteiger partial charge >= 0.3 is 6.36 Å². The van der Waals surface area contributed by atoms with Crippen molar-refractivity contribution >= 4 is 39.5 Å². The van der Waals surface area contributed by atoms with Crippen LogP contribution in [0, 0.1) is 4.91 Å². The van der Waals surface area contributed by atoms with Gasteiger partial charge in [-0.2, -0.15) is 0 Å². The lowest BCUT2D eigenvalue weighted by Crippen LogP contribution is -2.17. The number of thiazole rings is 1. The minimum absolute atomic E-state index is 0.0393. The van der Waals surface area contributed by atoms with Crippen molar-refractivity contribution in [2.24, 2.45) is 5.18 Å². The molecule has 0 aliphatic carbocycles. The van der Waals surface area contributed by atoms with Gasteiger partial charge in [-0.3, -0.25) is 0 Å². The zero-order valence-electron chi connectivity index (χ0n) is 14.9. The van der Waals surface area contributed by atoms with Crippen molar-refractivity contribution in [3.63, 3.8) is 0 Å². The summed E-state index contributed by atoms with van der Waals surface area (Å²) in [5.41, 5.74) is 1.40. The number of ether oxygens (including phenoxy) is 1. The molecule has 0 amide bonds. The van der Waals surface area contributed by atoms with Crippen molar-refractivity contribution < 1.29 is 23.0 Å². The van der Waals surface area contributed by atoms with Crippen LogP contribution < -0.4 is 4.74 Å². The predicted molar refractivity (Wildman–Crippen MR) is 107 cm³/mol. The number of nitroso groups, excluding NO2 is 1. The Balaban J connectivity index is 1.70. The monoisotopic (exact) mass is 453 g/mol. The van der Waals surface area contributed by atoms with Gasteiger partial charge < -0.3 is 14.4 Å². The maximum Gasteiger partial charge on any atom is 0.573 e. The lowest BCUT2D eigenvalue weighted by molar-refractivity contribution is -0.274. The van der Waals surface area contributed by atoms with E-state index in [1.807, 2.05) is 12.1 Å². The summed E-state index contributed by atoms with van der Waals surface area (Å²) in [6.07, 6.45) is -4.88. The smallest absolute Gasteiger partial charge is 0.493 e. The second kappa shape index (κ2) is 7.62. The second-order valence-electron chi connectivity index (χ2n) is 6.23. The fourth-order valence-electron chi connectivity index (χ4n) is 3.02. The molecule has 1 N–H and O–H groups in total. The summed E-state index contributed by atoms with van der Waals surface area (Å²) >= 11 is 7.27. The van der Waals surface area contributed by atoms with Gasteiger partial charge in [-0.05, 0) is 35.5 Å². The van der Waals surface area contributed by atoms with Crippen molar-refractivity contribution in [1.82, 2.24) is 9.55 Å². The van der Waals surface area contributed by atoms with Gasteiger partial charge in [0.2, 0.25) is 5.88 Å². The fraction of sp³-hybridized carbons (Fsp3) is 0.105. The molecular weight excluding hydrogens is 443 g/mol. The van der Waals surface area contributed by atoms with Gasteiger partial charge in [-0.1, -0.05) is 23.7 Å². The van der Waals surface area contributed by atoms with Crippen molar-refractivity contribution in [1.29, 1.82) is 0 Å². The minimum Gasteiger partial charge on any atom is -0.493 e. The molecule has 0 atom stereocenters. The highest BCUT2D eigenvalue weighted by atomic mass is 35.5. The van der Waals surface area contributed by atoms with Crippen molar-refractivity contribution in [2.45, 2.75) is 12.9 Å². The van der Waals surface area contributed by atoms with Gasteiger partial charge in [-0.15, -0.1) is 29.4 Å². The van der Waals surface area contributed by atoms with Crippen LogP contribution in [-0.4, -0.2) is 21.0 Å². The quantitative estimate of drug-likeness (QED) is 0.351. The highest BCUT2D eigenvalue weighted by molar-refractivity contribution is 7.13. The molecule has 0 unspecified atom stereocenters. The highest BCUT2D eigenvalue weighted by Gasteiger charge is 2.31. The number of aromatic nitrogens is 2. The number of aromatic hydroxyl groups is 1. The first kappa shape index (κ1) is 20.2. The minimum atomic E-state index is -4.88. The third-order valence-corrected chi connectivity index (χ3v) is 5.46. The summed E-state index contributed by atoms with van der Waals surface area (Å²) in [5, 5.41) is 16.3. The molecular formula is C19H11ClF3N3O3S. The van der Waals surface area contributed by atoms with E-state index in [2.05, 4.69) is 14.9 Å². The van der Waals surface area contributed by atoms with Crippen LogP contribution in [0.2, 0.25) is 5.02 Å². The Labute approximate surface area is 176 Å². The van der Waals surface area contributed by atoms with Crippen LogP contribution in [0.4, 0.5) is 18.9 Å². The molecule has 2 aromatic heterocycles. The van der Waals surface area contributed by atoms with Crippen LogP contribution in [0.15, 0.2) is 53.0 Å². The molecule has 2 heterocycles. The van der Waals surface area contributed by atoms with Crippen molar-refractivity contribution in [2.75, 3.05) is 0 Å². The third kappa shape index (κ3) is 3.96. The summed E-state index contributed by atoms with van der Waals surface area (Å²) in [6, 6.07) is 10.6. The molecule has 0 fully saturated rings. The van der Waals surface area contributed by atoms with E-state index >= 15 is 0 Å². The Morgan fingerprint density at radius 2 is 1.93 bits per heavy atom. The molecule has 154 valence electrons. The zero-order chi connectivity index (χ0) is 21.5. The maximum atomic E-state index is 12.5. The molecule has 0 saturated carbocycles. The average Bonchev–Trinajstić information content (AvgIpc) is 3.24. The van der Waals surface area contributed by atoms with Crippen LogP contribution in [-0.2, 0) is 6.54 Å². The number of halogens is 4. The molecule has 2 aromatic carbocycles. The largest absolute Gasteiger partial charge is 0.573 e. The lowest BCUT2D eigenvalue weighted by atomic mass is 10.2.